The highest BCUT2D eigenvalue weighted by Gasteiger charge is 2.21. The Morgan fingerprint density at radius 2 is 0.982 bits per heavy atom. The highest BCUT2D eigenvalue weighted by molar-refractivity contribution is 7.45. The molecule has 0 N–H and O–H groups in total. The molecule has 9 nitrogen and oxygen atoms in total. The van der Waals surface area contributed by atoms with Crippen LogP contribution < -0.4 is 4.89 Å². The summed E-state index contributed by atoms with van der Waals surface area (Å²) in [7, 11) is 1.13. The zero-order valence-electron chi connectivity index (χ0n) is 35.6. The topological polar surface area (TPSA) is 111 Å². The Morgan fingerprint density at radius 1 is 0.564 bits per heavy atom. The third-order valence-corrected chi connectivity index (χ3v) is 9.72. The number of esters is 2. The van der Waals surface area contributed by atoms with Gasteiger partial charge in [-0.05, 0) is 83.5 Å². The van der Waals surface area contributed by atoms with E-state index in [1.54, 1.807) is 0 Å². The zero-order valence-corrected chi connectivity index (χ0v) is 36.5. The Balaban J connectivity index is 4.46. The van der Waals surface area contributed by atoms with Crippen LogP contribution in [0.3, 0.4) is 0 Å². The van der Waals surface area contributed by atoms with Crippen molar-refractivity contribution in [2.45, 2.75) is 168 Å². The molecule has 0 saturated heterocycles. The van der Waals surface area contributed by atoms with E-state index >= 15 is 0 Å². The van der Waals surface area contributed by atoms with Crippen molar-refractivity contribution in [1.29, 1.82) is 0 Å². The van der Waals surface area contributed by atoms with Crippen molar-refractivity contribution in [1.82, 2.24) is 0 Å². The van der Waals surface area contributed by atoms with Gasteiger partial charge < -0.3 is 27.9 Å². The average Bonchev–Trinajstić information content (AvgIpc) is 3.13. The largest absolute Gasteiger partial charge is 0.756 e. The van der Waals surface area contributed by atoms with Crippen molar-refractivity contribution in [3.8, 4) is 0 Å². The van der Waals surface area contributed by atoms with Gasteiger partial charge in [0.2, 0.25) is 0 Å². The normalized spacial score (nSPS) is 14.2. The Morgan fingerprint density at radius 3 is 1.49 bits per heavy atom. The predicted molar refractivity (Wildman–Crippen MR) is 226 cm³/mol. The van der Waals surface area contributed by atoms with Gasteiger partial charge in [0.15, 0.2) is 6.10 Å². The highest BCUT2D eigenvalue weighted by Crippen LogP contribution is 2.38. The molecule has 0 bridgehead atoms. The Bertz CT molecular complexity index is 1120. The fourth-order valence-corrected chi connectivity index (χ4v) is 6.06. The van der Waals surface area contributed by atoms with E-state index in [-0.39, 0.29) is 26.1 Å². The minimum atomic E-state index is -4.64. The van der Waals surface area contributed by atoms with E-state index in [1.165, 1.54) is 44.9 Å². The second-order valence-corrected chi connectivity index (χ2v) is 16.8. The molecule has 0 aromatic carbocycles. The van der Waals surface area contributed by atoms with Crippen LogP contribution in [0.5, 0.6) is 0 Å². The Labute approximate surface area is 336 Å². The number of phosphoric acid groups is 1. The predicted octanol–water partition coefficient (Wildman–Crippen LogP) is 11.4. The average molecular weight is 794 g/mol. The number of allylic oxidation sites excluding steroid dienone is 10. The van der Waals surface area contributed by atoms with Gasteiger partial charge in [-0.2, -0.15) is 0 Å². The van der Waals surface area contributed by atoms with E-state index in [2.05, 4.69) is 74.6 Å². The van der Waals surface area contributed by atoms with Crippen molar-refractivity contribution in [3.05, 3.63) is 60.8 Å². The van der Waals surface area contributed by atoms with Crippen LogP contribution in [0.25, 0.3) is 0 Å². The fraction of sp³-hybridized carbons (Fsp3) is 0.733. The number of hydrogen-bond donors (Lipinski definition) is 0. The maximum absolute atomic E-state index is 12.7. The number of nitrogens with zero attached hydrogens (tertiary/aromatic N) is 1. The van der Waals surface area contributed by atoms with Crippen LogP contribution in [0.15, 0.2) is 60.8 Å². The maximum atomic E-state index is 12.7. The number of carbonyl (C=O) groups excluding carboxylic acids is 2. The van der Waals surface area contributed by atoms with Crippen LogP contribution in [0.4, 0.5) is 0 Å². The summed E-state index contributed by atoms with van der Waals surface area (Å²) in [5.41, 5.74) is 0. The number of ether oxygens (including phenoxy) is 2. The molecule has 0 amide bonds. The smallest absolute Gasteiger partial charge is 0.306 e. The van der Waals surface area contributed by atoms with Gasteiger partial charge in [-0.1, -0.05) is 126 Å². The standard InChI is InChI=1S/C45H80NO8P/c1-6-8-10-12-14-16-18-20-21-22-23-24-25-26-28-30-32-34-36-38-45(48)54-43(42-53-55(49,50)52-40-39-46(3,4)5)41-51-44(47)37-35-33-31-29-27-19-17-15-13-11-9-7-2/h14-17,20-21,23-24,26,28,43H,6-13,18-19,22,25,27,29-42H2,1-5H3/b16-14+,17-15+,21-20+,24-23+,28-26+/t43-/m1/s1. The lowest BCUT2D eigenvalue weighted by molar-refractivity contribution is -0.870. The molecule has 0 spiro atoms. The van der Waals surface area contributed by atoms with Crippen LogP contribution in [0.1, 0.15) is 162 Å². The van der Waals surface area contributed by atoms with Gasteiger partial charge in [-0.25, -0.2) is 0 Å². The molecule has 318 valence electrons. The summed E-state index contributed by atoms with van der Waals surface area (Å²) >= 11 is 0. The summed E-state index contributed by atoms with van der Waals surface area (Å²) in [5, 5.41) is 0. The molecule has 0 radical (unpaired) electrons. The van der Waals surface area contributed by atoms with Crippen LogP contribution in [-0.2, 0) is 32.7 Å². The molecule has 0 fully saturated rings. The number of quaternary nitrogens is 1. The fourth-order valence-electron chi connectivity index (χ4n) is 5.34. The molecule has 10 heteroatoms. The highest BCUT2D eigenvalue weighted by atomic mass is 31.2. The molecule has 0 aliphatic rings. The van der Waals surface area contributed by atoms with Crippen molar-refractivity contribution in [2.24, 2.45) is 0 Å². The van der Waals surface area contributed by atoms with Crippen LogP contribution in [-0.4, -0.2) is 70.0 Å². The first kappa shape index (κ1) is 52.7. The first-order chi connectivity index (χ1) is 26.5. The Hall–Kier alpha value is -2.29. The number of carbonyl (C=O) groups is 2. The summed E-state index contributed by atoms with van der Waals surface area (Å²) in [6, 6.07) is 0. The van der Waals surface area contributed by atoms with E-state index in [0.717, 1.165) is 77.0 Å². The molecule has 0 rings (SSSR count). The monoisotopic (exact) mass is 794 g/mol. The third-order valence-electron chi connectivity index (χ3n) is 8.76. The van der Waals surface area contributed by atoms with E-state index in [1.807, 2.05) is 21.1 Å². The summed E-state index contributed by atoms with van der Waals surface area (Å²) < 4.78 is 33.8. The first-order valence-corrected chi connectivity index (χ1v) is 23.0. The quantitative estimate of drug-likeness (QED) is 0.0200. The minimum absolute atomic E-state index is 0.0411. The van der Waals surface area contributed by atoms with Crippen molar-refractivity contribution < 1.29 is 42.1 Å². The summed E-state index contributed by atoms with van der Waals surface area (Å²) in [6.45, 7) is 4.10. The molecule has 1 unspecified atom stereocenters. The number of rotatable bonds is 38. The summed E-state index contributed by atoms with van der Waals surface area (Å²) in [6.07, 6.45) is 43.9. The van der Waals surface area contributed by atoms with Gasteiger partial charge in [0.05, 0.1) is 27.7 Å². The van der Waals surface area contributed by atoms with Crippen molar-refractivity contribution >= 4 is 19.8 Å². The van der Waals surface area contributed by atoms with Gasteiger partial charge in [-0.15, -0.1) is 0 Å². The second kappa shape index (κ2) is 37.3. The number of likely N-dealkylation sites (N-methyl/N-ethyl adjacent to an activating group) is 1. The molecule has 0 aromatic rings. The van der Waals surface area contributed by atoms with Gasteiger partial charge in [0, 0.05) is 12.8 Å². The van der Waals surface area contributed by atoms with Crippen molar-refractivity contribution in [2.75, 3.05) is 47.5 Å². The molecule has 0 aliphatic heterocycles. The number of unbranched alkanes of at least 4 members (excludes halogenated alkanes) is 14. The lowest BCUT2D eigenvalue weighted by atomic mass is 10.1. The SMILES string of the molecule is CCCCC/C=C/C/C=C/C/C=C/C/C=C/CCCCCC(=O)O[C@H](COC(=O)CCCCCCC/C=C/CCCCC)COP(=O)([O-])OCC[N+](C)(C)C. The lowest BCUT2D eigenvalue weighted by Gasteiger charge is -2.28. The van der Waals surface area contributed by atoms with E-state index in [0.29, 0.717) is 23.9 Å². The van der Waals surface area contributed by atoms with Crippen LogP contribution in [0.2, 0.25) is 0 Å². The molecular weight excluding hydrogens is 713 g/mol. The molecular formula is C45H80NO8P. The molecule has 0 heterocycles. The van der Waals surface area contributed by atoms with Gasteiger partial charge in [-0.3, -0.25) is 14.2 Å². The molecule has 55 heavy (non-hydrogen) atoms. The minimum Gasteiger partial charge on any atom is -0.756 e. The molecule has 2 atom stereocenters. The maximum Gasteiger partial charge on any atom is 0.306 e. The second-order valence-electron chi connectivity index (χ2n) is 15.3. The third kappa shape index (κ3) is 41.2. The van der Waals surface area contributed by atoms with Gasteiger partial charge >= 0.3 is 11.9 Å². The molecule has 0 aromatic heterocycles. The molecule has 0 saturated carbocycles. The Kier molecular flexibility index (Phi) is 35.7. The number of phosphoric ester groups is 1. The first-order valence-electron chi connectivity index (χ1n) is 21.5. The van der Waals surface area contributed by atoms with Crippen molar-refractivity contribution in [3.63, 3.8) is 0 Å². The summed E-state index contributed by atoms with van der Waals surface area (Å²) in [4.78, 5) is 37.5. The number of hydrogen-bond acceptors (Lipinski definition) is 8. The van der Waals surface area contributed by atoms with Crippen LogP contribution in [0, 0.1) is 0 Å². The van der Waals surface area contributed by atoms with E-state index in [4.69, 9.17) is 18.5 Å². The molecule has 0 aliphatic carbocycles. The van der Waals surface area contributed by atoms with Crippen LogP contribution >= 0.6 is 7.82 Å². The van der Waals surface area contributed by atoms with E-state index < -0.39 is 32.5 Å². The zero-order chi connectivity index (χ0) is 40.7. The summed E-state index contributed by atoms with van der Waals surface area (Å²) in [5.74, 6) is -0.887. The lowest BCUT2D eigenvalue weighted by Crippen LogP contribution is -2.37. The van der Waals surface area contributed by atoms with Gasteiger partial charge in [0.1, 0.15) is 19.8 Å². The van der Waals surface area contributed by atoms with E-state index in [9.17, 15) is 19.0 Å². The van der Waals surface area contributed by atoms with Gasteiger partial charge in [0.25, 0.3) is 7.82 Å².